The van der Waals surface area contributed by atoms with Crippen LogP contribution in [-0.2, 0) is 16.0 Å². The Morgan fingerprint density at radius 3 is 2.78 bits per heavy atom. The van der Waals surface area contributed by atoms with E-state index in [0.29, 0.717) is 25.8 Å². The van der Waals surface area contributed by atoms with E-state index in [1.54, 1.807) is 12.4 Å². The van der Waals surface area contributed by atoms with E-state index >= 15 is 0 Å². The Morgan fingerprint density at radius 1 is 1.39 bits per heavy atom. The zero-order chi connectivity index (χ0) is 13.0. The van der Waals surface area contributed by atoms with E-state index in [-0.39, 0.29) is 5.91 Å². The fourth-order valence-corrected chi connectivity index (χ4v) is 2.27. The number of likely N-dealkylation sites (tertiary alicyclic amines) is 1. The molecule has 0 saturated carbocycles. The molecular formula is C13H16N2O3. The maximum Gasteiger partial charge on any atom is 0.326 e. The lowest BCUT2D eigenvalue weighted by Crippen LogP contribution is -2.40. The number of rotatable bonds is 4. The van der Waals surface area contributed by atoms with Crippen molar-refractivity contribution >= 4 is 11.9 Å². The first-order valence-electron chi connectivity index (χ1n) is 6.09. The zero-order valence-electron chi connectivity index (χ0n) is 10.1. The third kappa shape index (κ3) is 2.85. The van der Waals surface area contributed by atoms with Crippen LogP contribution in [0.3, 0.4) is 0 Å². The van der Waals surface area contributed by atoms with Crippen molar-refractivity contribution in [3.05, 3.63) is 30.1 Å². The summed E-state index contributed by atoms with van der Waals surface area (Å²) in [5.41, 5.74) is 1.05. The van der Waals surface area contributed by atoms with Crippen molar-refractivity contribution in [1.29, 1.82) is 0 Å². The average molecular weight is 248 g/mol. The molecule has 18 heavy (non-hydrogen) atoms. The summed E-state index contributed by atoms with van der Waals surface area (Å²) in [5.74, 6) is -0.971. The third-order valence-corrected chi connectivity index (χ3v) is 3.24. The molecule has 1 fully saturated rings. The highest BCUT2D eigenvalue weighted by atomic mass is 16.4. The van der Waals surface area contributed by atoms with Crippen molar-refractivity contribution in [3.8, 4) is 0 Å². The van der Waals surface area contributed by atoms with Crippen LogP contribution < -0.4 is 0 Å². The van der Waals surface area contributed by atoms with E-state index in [4.69, 9.17) is 5.11 Å². The van der Waals surface area contributed by atoms with Gasteiger partial charge < -0.3 is 10.0 Å². The van der Waals surface area contributed by atoms with Crippen molar-refractivity contribution in [1.82, 2.24) is 9.88 Å². The minimum atomic E-state index is -0.898. The Labute approximate surface area is 105 Å². The summed E-state index contributed by atoms with van der Waals surface area (Å²) in [6.45, 7) is 0.562. The average Bonchev–Trinajstić information content (AvgIpc) is 2.86. The molecule has 0 unspecified atom stereocenters. The van der Waals surface area contributed by atoms with Gasteiger partial charge in [-0.05, 0) is 37.0 Å². The maximum absolute atomic E-state index is 12.0. The standard InChI is InChI=1S/C13H16N2O3/c16-12(4-3-10-5-7-14-8-6-10)15-9-1-2-11(15)13(17)18/h5-8,11H,1-4,9H2,(H,17,18)/t11-/m1/s1. The Hall–Kier alpha value is -1.91. The lowest BCUT2D eigenvalue weighted by molar-refractivity contribution is -0.148. The summed E-state index contributed by atoms with van der Waals surface area (Å²) in [5, 5.41) is 9.02. The van der Waals surface area contributed by atoms with Crippen molar-refractivity contribution in [2.45, 2.75) is 31.7 Å². The van der Waals surface area contributed by atoms with Crippen LogP contribution in [0.15, 0.2) is 24.5 Å². The second-order valence-corrected chi connectivity index (χ2v) is 4.44. The maximum atomic E-state index is 12.0. The Kier molecular flexibility index (Phi) is 3.92. The van der Waals surface area contributed by atoms with Gasteiger partial charge in [0.05, 0.1) is 0 Å². The molecule has 0 bridgehead atoms. The monoisotopic (exact) mass is 248 g/mol. The quantitative estimate of drug-likeness (QED) is 0.865. The Balaban J connectivity index is 1.90. The summed E-state index contributed by atoms with van der Waals surface area (Å²) < 4.78 is 0. The number of carbonyl (C=O) groups excluding carboxylic acids is 1. The van der Waals surface area contributed by atoms with Crippen LogP contribution in [0.5, 0.6) is 0 Å². The van der Waals surface area contributed by atoms with E-state index in [0.717, 1.165) is 12.0 Å². The van der Waals surface area contributed by atoms with E-state index in [2.05, 4.69) is 4.98 Å². The molecule has 1 aliphatic heterocycles. The molecule has 2 rings (SSSR count). The van der Waals surface area contributed by atoms with Gasteiger partial charge in [0.1, 0.15) is 6.04 Å². The van der Waals surface area contributed by atoms with E-state index < -0.39 is 12.0 Å². The zero-order valence-corrected chi connectivity index (χ0v) is 10.1. The van der Waals surface area contributed by atoms with Gasteiger partial charge in [0, 0.05) is 25.4 Å². The van der Waals surface area contributed by atoms with Crippen molar-refractivity contribution in [2.24, 2.45) is 0 Å². The summed E-state index contributed by atoms with van der Waals surface area (Å²) >= 11 is 0. The van der Waals surface area contributed by atoms with Crippen LogP contribution in [-0.4, -0.2) is 39.5 Å². The molecule has 5 heteroatoms. The van der Waals surface area contributed by atoms with Gasteiger partial charge in [-0.1, -0.05) is 0 Å². The van der Waals surface area contributed by atoms with Crippen LogP contribution in [0, 0.1) is 0 Å². The van der Waals surface area contributed by atoms with Gasteiger partial charge >= 0.3 is 5.97 Å². The molecule has 2 heterocycles. The van der Waals surface area contributed by atoms with Gasteiger partial charge in [0.25, 0.3) is 0 Å². The molecule has 1 amide bonds. The number of aliphatic carboxylic acids is 1. The van der Waals surface area contributed by atoms with Crippen LogP contribution in [0.4, 0.5) is 0 Å². The lowest BCUT2D eigenvalue weighted by atomic mass is 10.1. The van der Waals surface area contributed by atoms with Gasteiger partial charge in [0.2, 0.25) is 5.91 Å². The fraction of sp³-hybridized carbons (Fsp3) is 0.462. The molecule has 5 nitrogen and oxygen atoms in total. The second-order valence-electron chi connectivity index (χ2n) is 4.44. The highest BCUT2D eigenvalue weighted by molar-refractivity contribution is 5.84. The van der Waals surface area contributed by atoms with Crippen LogP contribution in [0.2, 0.25) is 0 Å². The highest BCUT2D eigenvalue weighted by Gasteiger charge is 2.33. The number of aryl methyl sites for hydroxylation is 1. The first-order valence-corrected chi connectivity index (χ1v) is 6.09. The number of nitrogens with zero attached hydrogens (tertiary/aromatic N) is 2. The number of carboxylic acids is 1. The largest absolute Gasteiger partial charge is 0.480 e. The molecule has 0 aliphatic carbocycles. The molecule has 0 spiro atoms. The molecule has 1 N–H and O–H groups in total. The van der Waals surface area contributed by atoms with Gasteiger partial charge in [0.15, 0.2) is 0 Å². The molecule has 0 aromatic carbocycles. The molecule has 96 valence electrons. The number of pyridine rings is 1. The second kappa shape index (κ2) is 5.62. The minimum absolute atomic E-state index is 0.0725. The van der Waals surface area contributed by atoms with Crippen molar-refractivity contribution in [2.75, 3.05) is 6.54 Å². The van der Waals surface area contributed by atoms with Gasteiger partial charge in [-0.25, -0.2) is 4.79 Å². The molecule has 1 atom stereocenters. The topological polar surface area (TPSA) is 70.5 Å². The molecular weight excluding hydrogens is 232 g/mol. The van der Waals surface area contributed by atoms with Crippen LogP contribution in [0.25, 0.3) is 0 Å². The van der Waals surface area contributed by atoms with Crippen molar-refractivity contribution < 1.29 is 14.7 Å². The number of hydrogen-bond donors (Lipinski definition) is 1. The SMILES string of the molecule is O=C(O)[C@H]1CCCN1C(=O)CCc1ccncc1. The number of carbonyl (C=O) groups is 2. The van der Waals surface area contributed by atoms with E-state index in [1.807, 2.05) is 12.1 Å². The summed E-state index contributed by atoms with van der Waals surface area (Å²) in [6.07, 6.45) is 5.71. The summed E-state index contributed by atoms with van der Waals surface area (Å²) in [4.78, 5) is 28.4. The van der Waals surface area contributed by atoms with E-state index in [9.17, 15) is 9.59 Å². The summed E-state index contributed by atoms with van der Waals surface area (Å²) in [7, 11) is 0. The van der Waals surface area contributed by atoms with Gasteiger partial charge in [-0.3, -0.25) is 9.78 Å². The predicted molar refractivity (Wildman–Crippen MR) is 64.9 cm³/mol. The molecule has 1 aromatic heterocycles. The van der Waals surface area contributed by atoms with E-state index in [1.165, 1.54) is 4.90 Å². The molecule has 1 aliphatic rings. The lowest BCUT2D eigenvalue weighted by Gasteiger charge is -2.21. The molecule has 0 radical (unpaired) electrons. The fourth-order valence-electron chi connectivity index (χ4n) is 2.27. The van der Waals surface area contributed by atoms with Crippen LogP contribution >= 0.6 is 0 Å². The van der Waals surface area contributed by atoms with Gasteiger partial charge in [-0.15, -0.1) is 0 Å². The van der Waals surface area contributed by atoms with Gasteiger partial charge in [-0.2, -0.15) is 0 Å². The summed E-state index contributed by atoms with van der Waals surface area (Å²) in [6, 6.07) is 3.10. The number of carboxylic acid groups (broad SMARTS) is 1. The Morgan fingerprint density at radius 2 is 2.11 bits per heavy atom. The molecule has 1 saturated heterocycles. The first kappa shape index (κ1) is 12.5. The number of aromatic nitrogens is 1. The minimum Gasteiger partial charge on any atom is -0.480 e. The van der Waals surface area contributed by atoms with Crippen molar-refractivity contribution in [3.63, 3.8) is 0 Å². The first-order chi connectivity index (χ1) is 8.68. The highest BCUT2D eigenvalue weighted by Crippen LogP contribution is 2.19. The Bertz CT molecular complexity index is 433. The third-order valence-electron chi connectivity index (χ3n) is 3.24. The molecule has 1 aromatic rings. The number of amides is 1. The number of hydrogen-bond acceptors (Lipinski definition) is 3. The smallest absolute Gasteiger partial charge is 0.326 e. The van der Waals surface area contributed by atoms with Crippen LogP contribution in [0.1, 0.15) is 24.8 Å². The normalized spacial score (nSPS) is 18.9. The predicted octanol–water partition coefficient (Wildman–Crippen LogP) is 1.09.